The lowest BCUT2D eigenvalue weighted by Crippen LogP contribution is -2.37. The first-order chi connectivity index (χ1) is 4.54. The molecule has 0 unspecified atom stereocenters. The molecule has 0 bridgehead atoms. The summed E-state index contributed by atoms with van der Waals surface area (Å²) in [5.41, 5.74) is 0. The van der Waals surface area contributed by atoms with Gasteiger partial charge in [0.25, 0.3) is 10.2 Å². The summed E-state index contributed by atoms with van der Waals surface area (Å²) in [7, 11) is -0.623. The smallest absolute Gasteiger partial charge is 0.279 e. The molecule has 0 spiro atoms. The van der Waals surface area contributed by atoms with Gasteiger partial charge in [0.2, 0.25) is 0 Å². The standard InChI is InChI=1S/C4H12N2O3S/c1-5-10(8,9)6(2)3-4-7/h5,7H,3-4H2,1-2H3. The average molecular weight is 168 g/mol. The molecule has 0 aromatic heterocycles. The predicted octanol–water partition coefficient (Wildman–Crippen LogP) is -1.63. The van der Waals surface area contributed by atoms with E-state index in [0.29, 0.717) is 0 Å². The van der Waals surface area contributed by atoms with Crippen LogP contribution in [0.15, 0.2) is 0 Å². The van der Waals surface area contributed by atoms with Crippen LogP contribution in [-0.4, -0.2) is 45.1 Å². The van der Waals surface area contributed by atoms with Crippen LogP contribution in [0.4, 0.5) is 0 Å². The lowest BCUT2D eigenvalue weighted by atomic mass is 10.7. The van der Waals surface area contributed by atoms with Crippen molar-refractivity contribution in [2.45, 2.75) is 0 Å². The molecule has 0 fully saturated rings. The average Bonchev–Trinajstić information content (AvgIpc) is 1.89. The Kier molecular flexibility index (Phi) is 3.80. The zero-order chi connectivity index (χ0) is 8.20. The Morgan fingerprint density at radius 2 is 2.10 bits per heavy atom. The molecule has 0 aliphatic rings. The first kappa shape index (κ1) is 9.83. The second-order valence-corrected chi connectivity index (χ2v) is 3.74. The van der Waals surface area contributed by atoms with E-state index >= 15 is 0 Å². The van der Waals surface area contributed by atoms with E-state index in [1.165, 1.54) is 14.1 Å². The molecule has 0 aromatic carbocycles. The van der Waals surface area contributed by atoms with Crippen molar-refractivity contribution >= 4 is 10.2 Å². The third kappa shape index (κ3) is 2.61. The molecule has 0 amide bonds. The number of aliphatic hydroxyl groups is 1. The molecule has 2 N–H and O–H groups in total. The fourth-order valence-electron chi connectivity index (χ4n) is 0.417. The van der Waals surface area contributed by atoms with E-state index in [1.54, 1.807) is 0 Å². The Morgan fingerprint density at radius 3 is 2.40 bits per heavy atom. The molecular formula is C4H12N2O3S. The van der Waals surface area contributed by atoms with Gasteiger partial charge in [-0.25, -0.2) is 4.72 Å². The van der Waals surface area contributed by atoms with Gasteiger partial charge in [-0.15, -0.1) is 0 Å². The summed E-state index contributed by atoms with van der Waals surface area (Å²) < 4.78 is 24.7. The van der Waals surface area contributed by atoms with Gasteiger partial charge in [-0.3, -0.25) is 0 Å². The second kappa shape index (κ2) is 3.87. The number of nitrogens with one attached hydrogen (secondary N) is 1. The number of aliphatic hydroxyl groups excluding tert-OH is 1. The Balaban J connectivity index is 4.06. The van der Waals surface area contributed by atoms with E-state index in [9.17, 15) is 8.42 Å². The molecule has 0 saturated carbocycles. The highest BCUT2D eigenvalue weighted by Gasteiger charge is 2.12. The molecule has 62 valence electrons. The Bertz CT molecular complexity index is 177. The second-order valence-electron chi connectivity index (χ2n) is 1.75. The summed E-state index contributed by atoms with van der Waals surface area (Å²) in [6.07, 6.45) is 0. The van der Waals surface area contributed by atoms with E-state index in [0.717, 1.165) is 4.31 Å². The molecular weight excluding hydrogens is 156 g/mol. The lowest BCUT2D eigenvalue weighted by molar-refractivity contribution is 0.266. The normalized spacial score (nSPS) is 12.4. The molecule has 5 nitrogen and oxygen atoms in total. The Labute approximate surface area is 60.8 Å². The van der Waals surface area contributed by atoms with Gasteiger partial charge in [0.15, 0.2) is 0 Å². The van der Waals surface area contributed by atoms with Gasteiger partial charge >= 0.3 is 0 Å². The highest BCUT2D eigenvalue weighted by molar-refractivity contribution is 7.87. The van der Waals surface area contributed by atoms with Crippen molar-refractivity contribution in [3.05, 3.63) is 0 Å². The fourth-order valence-corrected chi connectivity index (χ4v) is 1.05. The van der Waals surface area contributed by atoms with E-state index in [1.807, 2.05) is 0 Å². The Morgan fingerprint density at radius 1 is 1.60 bits per heavy atom. The SMILES string of the molecule is CNS(=O)(=O)N(C)CCO. The maximum absolute atomic E-state index is 10.8. The first-order valence-corrected chi connectivity index (χ1v) is 4.24. The van der Waals surface area contributed by atoms with Crippen LogP contribution in [-0.2, 0) is 10.2 Å². The number of hydrogen-bond donors (Lipinski definition) is 2. The van der Waals surface area contributed by atoms with Gasteiger partial charge in [-0.2, -0.15) is 12.7 Å². The van der Waals surface area contributed by atoms with Crippen LogP contribution in [0.25, 0.3) is 0 Å². The van der Waals surface area contributed by atoms with E-state index < -0.39 is 10.2 Å². The van der Waals surface area contributed by atoms with E-state index in [-0.39, 0.29) is 13.2 Å². The topological polar surface area (TPSA) is 69.6 Å². The quantitative estimate of drug-likeness (QED) is 0.530. The predicted molar refractivity (Wildman–Crippen MR) is 37.7 cm³/mol. The molecule has 0 aliphatic carbocycles. The Hall–Kier alpha value is -0.170. The summed E-state index contributed by atoms with van der Waals surface area (Å²) in [5.74, 6) is 0. The number of hydrogen-bond acceptors (Lipinski definition) is 3. The minimum absolute atomic E-state index is 0.114. The summed E-state index contributed by atoms with van der Waals surface area (Å²) in [6.45, 7) is -0.0550. The molecule has 0 aromatic rings. The zero-order valence-corrected chi connectivity index (χ0v) is 6.85. The largest absolute Gasteiger partial charge is 0.395 e. The maximum Gasteiger partial charge on any atom is 0.279 e. The summed E-state index contributed by atoms with van der Waals surface area (Å²) in [5, 5.41) is 8.36. The molecule has 0 atom stereocenters. The molecule has 0 saturated heterocycles. The van der Waals surface area contributed by atoms with Gasteiger partial charge in [-0.1, -0.05) is 0 Å². The van der Waals surface area contributed by atoms with Crippen LogP contribution in [0.3, 0.4) is 0 Å². The molecule has 0 aliphatic heterocycles. The lowest BCUT2D eigenvalue weighted by Gasteiger charge is -2.13. The summed E-state index contributed by atoms with van der Waals surface area (Å²) >= 11 is 0. The molecule has 0 rings (SSSR count). The fraction of sp³-hybridized carbons (Fsp3) is 1.00. The van der Waals surface area contributed by atoms with Crippen molar-refractivity contribution in [1.29, 1.82) is 0 Å². The summed E-state index contributed by atoms with van der Waals surface area (Å²) in [6, 6.07) is 0. The van der Waals surface area contributed by atoms with Gasteiger partial charge in [0.1, 0.15) is 0 Å². The monoisotopic (exact) mass is 168 g/mol. The maximum atomic E-state index is 10.8. The van der Waals surface area contributed by atoms with Crippen LogP contribution >= 0.6 is 0 Å². The highest BCUT2D eigenvalue weighted by Crippen LogP contribution is 1.89. The molecule has 6 heteroatoms. The first-order valence-electron chi connectivity index (χ1n) is 2.80. The van der Waals surface area contributed by atoms with E-state index in [2.05, 4.69) is 4.72 Å². The third-order valence-corrected chi connectivity index (χ3v) is 2.60. The van der Waals surface area contributed by atoms with Crippen molar-refractivity contribution in [3.8, 4) is 0 Å². The van der Waals surface area contributed by atoms with Crippen molar-refractivity contribution in [2.24, 2.45) is 0 Å². The minimum atomic E-state index is -3.34. The number of rotatable bonds is 4. The third-order valence-electron chi connectivity index (χ3n) is 1.08. The van der Waals surface area contributed by atoms with Crippen LogP contribution in [0.1, 0.15) is 0 Å². The van der Waals surface area contributed by atoms with Gasteiger partial charge < -0.3 is 5.11 Å². The van der Waals surface area contributed by atoms with Crippen LogP contribution < -0.4 is 4.72 Å². The van der Waals surface area contributed by atoms with Gasteiger partial charge in [0.05, 0.1) is 6.61 Å². The highest BCUT2D eigenvalue weighted by atomic mass is 32.2. The van der Waals surface area contributed by atoms with Gasteiger partial charge in [-0.05, 0) is 0 Å². The van der Waals surface area contributed by atoms with Crippen LogP contribution in [0.2, 0.25) is 0 Å². The zero-order valence-electron chi connectivity index (χ0n) is 6.03. The minimum Gasteiger partial charge on any atom is -0.395 e. The number of likely N-dealkylation sites (N-methyl/N-ethyl adjacent to an activating group) is 1. The van der Waals surface area contributed by atoms with Crippen molar-refractivity contribution < 1.29 is 13.5 Å². The number of nitrogens with zero attached hydrogens (tertiary/aromatic N) is 1. The molecule has 10 heavy (non-hydrogen) atoms. The van der Waals surface area contributed by atoms with E-state index in [4.69, 9.17) is 5.11 Å². The molecule has 0 radical (unpaired) electrons. The summed E-state index contributed by atoms with van der Waals surface area (Å²) in [4.78, 5) is 0. The van der Waals surface area contributed by atoms with Crippen molar-refractivity contribution in [2.75, 3.05) is 27.2 Å². The van der Waals surface area contributed by atoms with Crippen LogP contribution in [0, 0.1) is 0 Å². The van der Waals surface area contributed by atoms with Crippen LogP contribution in [0.5, 0.6) is 0 Å². The van der Waals surface area contributed by atoms with Crippen molar-refractivity contribution in [1.82, 2.24) is 9.03 Å². The molecule has 0 heterocycles. The van der Waals surface area contributed by atoms with Gasteiger partial charge in [0, 0.05) is 20.6 Å². The van der Waals surface area contributed by atoms with Crippen molar-refractivity contribution in [3.63, 3.8) is 0 Å².